The molecule has 0 saturated heterocycles. The zero-order valence-corrected chi connectivity index (χ0v) is 57.4. The summed E-state index contributed by atoms with van der Waals surface area (Å²) in [6.07, 6.45) is 93.3. The summed E-state index contributed by atoms with van der Waals surface area (Å²) in [6.45, 7) is 4.10. The molecule has 0 saturated carbocycles. The van der Waals surface area contributed by atoms with Gasteiger partial charge in [-0.25, -0.2) is 0 Å². The van der Waals surface area contributed by atoms with Crippen molar-refractivity contribution in [1.29, 1.82) is 0 Å². The summed E-state index contributed by atoms with van der Waals surface area (Å²) in [4.78, 5) is 38.0. The quantitative estimate of drug-likeness (QED) is 0.0195. The van der Waals surface area contributed by atoms with Gasteiger partial charge in [-0.1, -0.05) is 303 Å². The molecule has 0 bridgehead atoms. The first-order valence-electron chi connectivity index (χ1n) is 35.6. The number of phosphoric acid groups is 1. The molecule has 0 aliphatic rings. The molecule has 9 nitrogen and oxygen atoms in total. The second-order valence-electron chi connectivity index (χ2n) is 24.9. The van der Waals surface area contributed by atoms with Crippen molar-refractivity contribution >= 4 is 19.8 Å². The van der Waals surface area contributed by atoms with Crippen LogP contribution < -0.4 is 4.89 Å². The third-order valence-corrected chi connectivity index (χ3v) is 16.2. The van der Waals surface area contributed by atoms with Crippen LogP contribution in [0, 0.1) is 0 Å². The number of esters is 2. The van der Waals surface area contributed by atoms with E-state index in [-0.39, 0.29) is 26.1 Å². The monoisotopic (exact) mass is 1220 g/mol. The molecule has 0 rings (SSSR count). The van der Waals surface area contributed by atoms with Crippen LogP contribution in [0.5, 0.6) is 0 Å². The Bertz CT molecular complexity index is 1820. The van der Waals surface area contributed by atoms with Crippen molar-refractivity contribution in [2.75, 3.05) is 47.5 Å². The Balaban J connectivity index is 4.08. The van der Waals surface area contributed by atoms with Gasteiger partial charge in [-0.15, -0.1) is 0 Å². The lowest BCUT2D eigenvalue weighted by Crippen LogP contribution is -2.37. The number of unbranched alkanes of at least 4 members (excludes halogenated alkanes) is 33. The fourth-order valence-corrected chi connectivity index (χ4v) is 10.6. The van der Waals surface area contributed by atoms with Gasteiger partial charge in [0.05, 0.1) is 27.7 Å². The topological polar surface area (TPSA) is 111 Å². The number of phosphoric ester groups is 1. The molecule has 0 amide bonds. The number of hydrogen-bond acceptors (Lipinski definition) is 8. The minimum absolute atomic E-state index is 0.0439. The van der Waals surface area contributed by atoms with Gasteiger partial charge in [0.2, 0.25) is 0 Å². The Hall–Kier alpha value is -3.33. The Labute approximate surface area is 531 Å². The predicted octanol–water partition coefficient (Wildman–Crippen LogP) is 22.6. The summed E-state index contributed by atoms with van der Waals surface area (Å²) < 4.78 is 34.2. The molecular weight excluding hydrogens is 1090 g/mol. The van der Waals surface area contributed by atoms with Crippen LogP contribution in [0.3, 0.4) is 0 Å². The number of quaternary nitrogens is 1. The number of likely N-dealkylation sites (N-methyl/N-ethyl adjacent to an activating group) is 1. The van der Waals surface area contributed by atoms with Crippen molar-refractivity contribution in [3.8, 4) is 0 Å². The van der Waals surface area contributed by atoms with Gasteiger partial charge in [0, 0.05) is 12.8 Å². The maximum absolute atomic E-state index is 12.8. The molecule has 0 aromatic heterocycles. The predicted molar refractivity (Wildman–Crippen MR) is 369 cm³/mol. The van der Waals surface area contributed by atoms with E-state index in [1.54, 1.807) is 0 Å². The molecule has 0 spiro atoms. The van der Waals surface area contributed by atoms with Crippen molar-refractivity contribution < 1.29 is 42.1 Å². The molecule has 0 aliphatic heterocycles. The molecule has 496 valence electrons. The zero-order valence-electron chi connectivity index (χ0n) is 56.5. The Morgan fingerprint density at radius 1 is 0.372 bits per heavy atom. The summed E-state index contributed by atoms with van der Waals surface area (Å²) in [5.41, 5.74) is 0. The molecule has 0 heterocycles. The van der Waals surface area contributed by atoms with Crippen LogP contribution in [-0.2, 0) is 32.7 Å². The average Bonchev–Trinajstić information content (AvgIpc) is 3.53. The van der Waals surface area contributed by atoms with Gasteiger partial charge in [-0.3, -0.25) is 14.2 Å². The molecule has 0 radical (unpaired) electrons. The number of allylic oxidation sites excluding steroid dienone is 18. The normalized spacial score (nSPS) is 13.8. The lowest BCUT2D eigenvalue weighted by Gasteiger charge is -2.28. The van der Waals surface area contributed by atoms with E-state index in [4.69, 9.17) is 18.5 Å². The van der Waals surface area contributed by atoms with Gasteiger partial charge >= 0.3 is 11.9 Å². The highest BCUT2D eigenvalue weighted by Gasteiger charge is 2.22. The maximum Gasteiger partial charge on any atom is 0.306 e. The van der Waals surface area contributed by atoms with Crippen molar-refractivity contribution in [3.05, 3.63) is 109 Å². The lowest BCUT2D eigenvalue weighted by molar-refractivity contribution is -0.870. The summed E-state index contributed by atoms with van der Waals surface area (Å²) in [7, 11) is 1.13. The highest BCUT2D eigenvalue weighted by Crippen LogP contribution is 2.38. The number of ether oxygens (including phenoxy) is 2. The van der Waals surface area contributed by atoms with Gasteiger partial charge in [0.25, 0.3) is 7.82 Å². The number of nitrogens with zero attached hydrogens (tertiary/aromatic N) is 1. The van der Waals surface area contributed by atoms with Gasteiger partial charge in [-0.2, -0.15) is 0 Å². The minimum Gasteiger partial charge on any atom is -0.756 e. The molecular formula is C76H134NO8P. The van der Waals surface area contributed by atoms with Crippen LogP contribution in [0.4, 0.5) is 0 Å². The Kier molecular flexibility index (Phi) is 63.5. The van der Waals surface area contributed by atoms with Crippen LogP contribution in [0.15, 0.2) is 109 Å². The van der Waals surface area contributed by atoms with Crippen LogP contribution in [0.1, 0.15) is 309 Å². The second-order valence-corrected chi connectivity index (χ2v) is 26.3. The Morgan fingerprint density at radius 2 is 0.663 bits per heavy atom. The largest absolute Gasteiger partial charge is 0.756 e. The molecule has 10 heteroatoms. The molecule has 2 atom stereocenters. The highest BCUT2D eigenvalue weighted by atomic mass is 31.2. The molecule has 86 heavy (non-hydrogen) atoms. The van der Waals surface area contributed by atoms with E-state index in [1.807, 2.05) is 21.1 Å². The lowest BCUT2D eigenvalue weighted by atomic mass is 10.0. The molecule has 0 aliphatic carbocycles. The molecule has 0 aromatic rings. The zero-order chi connectivity index (χ0) is 62.6. The number of hydrogen-bond donors (Lipinski definition) is 0. The first kappa shape index (κ1) is 82.7. The summed E-state index contributed by atoms with van der Waals surface area (Å²) >= 11 is 0. The Morgan fingerprint density at radius 3 is 1.02 bits per heavy atom. The SMILES string of the molecule is CC/C=C\C/C=C\C/C=C\C/C=C\C/C=C\C/C=C\C/C=C\C/C=C\CCCCC(=O)OC(COC(=O)CCCCCCCCCCCCCCCCCCCCCCCCC/C=C\CCCCCCCCCC)COP(=O)([O-])OCC[N+](C)(C)C. The number of carbonyl (C=O) groups is 2. The molecule has 2 unspecified atom stereocenters. The third kappa shape index (κ3) is 69.8. The van der Waals surface area contributed by atoms with E-state index in [1.165, 1.54) is 193 Å². The fourth-order valence-electron chi connectivity index (χ4n) is 9.85. The third-order valence-electron chi connectivity index (χ3n) is 15.3. The average molecular weight is 1220 g/mol. The van der Waals surface area contributed by atoms with E-state index in [0.717, 1.165) is 83.5 Å². The summed E-state index contributed by atoms with van der Waals surface area (Å²) in [5.74, 6) is -0.881. The standard InChI is InChI=1S/C76H134NO8P/c1-6-8-10-12-14-16-18-20-22-24-26-28-30-32-34-35-36-37-38-39-40-41-43-44-46-48-50-52-54-56-58-60-62-64-66-68-75(78)82-72-74(73-84-86(80,81)83-71-70-77(3,4)5)85-76(79)69-67-65-63-61-59-57-55-53-51-49-47-45-42-33-31-29-27-25-23-21-19-17-15-13-11-9-7-2/h9,11,15,17,21,23-24,26-27,29,33,42,47,49,53,55,59,61,74H,6-8,10,12-14,16,18-20,22,25,28,30-32,34-41,43-46,48,50-52,54,56-58,60,62-73H2,1-5H3/b11-9-,17-15-,23-21-,26-24-,29-27-,42-33-,49-47-,55-53-,61-59-. The minimum atomic E-state index is -4.66. The van der Waals surface area contributed by atoms with Crippen molar-refractivity contribution in [2.24, 2.45) is 0 Å². The molecule has 0 N–H and O–H groups in total. The van der Waals surface area contributed by atoms with Crippen LogP contribution in [0.2, 0.25) is 0 Å². The van der Waals surface area contributed by atoms with Crippen molar-refractivity contribution in [2.45, 2.75) is 315 Å². The first-order valence-corrected chi connectivity index (χ1v) is 37.1. The second kappa shape index (κ2) is 66.1. The van der Waals surface area contributed by atoms with E-state index in [0.29, 0.717) is 17.4 Å². The van der Waals surface area contributed by atoms with Crippen molar-refractivity contribution in [1.82, 2.24) is 0 Å². The summed E-state index contributed by atoms with van der Waals surface area (Å²) in [6, 6.07) is 0. The molecule has 0 aromatic carbocycles. The highest BCUT2D eigenvalue weighted by molar-refractivity contribution is 7.45. The summed E-state index contributed by atoms with van der Waals surface area (Å²) in [5, 5.41) is 0. The van der Waals surface area contributed by atoms with Gasteiger partial charge in [-0.05, 0) is 103 Å². The van der Waals surface area contributed by atoms with E-state index >= 15 is 0 Å². The maximum atomic E-state index is 12.8. The van der Waals surface area contributed by atoms with Gasteiger partial charge in [0.15, 0.2) is 6.10 Å². The van der Waals surface area contributed by atoms with E-state index in [9.17, 15) is 19.0 Å². The van der Waals surface area contributed by atoms with Gasteiger partial charge in [0.1, 0.15) is 19.8 Å². The first-order chi connectivity index (χ1) is 42.0. The smallest absolute Gasteiger partial charge is 0.306 e. The van der Waals surface area contributed by atoms with E-state index in [2.05, 4.69) is 123 Å². The van der Waals surface area contributed by atoms with Crippen LogP contribution in [-0.4, -0.2) is 70.0 Å². The number of carbonyl (C=O) groups excluding carboxylic acids is 2. The molecule has 0 fully saturated rings. The van der Waals surface area contributed by atoms with E-state index < -0.39 is 32.5 Å². The fraction of sp³-hybridized carbons (Fsp3) is 0.737. The van der Waals surface area contributed by atoms with Crippen LogP contribution in [0.25, 0.3) is 0 Å². The van der Waals surface area contributed by atoms with Gasteiger partial charge < -0.3 is 27.9 Å². The van der Waals surface area contributed by atoms with Crippen LogP contribution >= 0.6 is 7.82 Å². The van der Waals surface area contributed by atoms with Crippen molar-refractivity contribution in [3.63, 3.8) is 0 Å². The number of rotatable bonds is 65.